The number of hydrogen-bond donors (Lipinski definition) is 2. The van der Waals surface area contributed by atoms with Gasteiger partial charge in [-0.15, -0.1) is 0 Å². The highest BCUT2D eigenvalue weighted by atomic mass is 16.5. The summed E-state index contributed by atoms with van der Waals surface area (Å²) in [5.41, 5.74) is 0. The molecule has 1 fully saturated rings. The SMILES string of the molecule is CCOC(=O)CCC(=O)N[C@H](CC1CC1)C(=O)O. The molecular weight excluding hydrogens is 238 g/mol. The average molecular weight is 257 g/mol. The van der Waals surface area contributed by atoms with Crippen molar-refractivity contribution in [2.45, 2.75) is 45.1 Å². The van der Waals surface area contributed by atoms with Crippen LogP contribution in [0.15, 0.2) is 0 Å². The van der Waals surface area contributed by atoms with Crippen molar-refractivity contribution < 1.29 is 24.2 Å². The molecule has 6 nitrogen and oxygen atoms in total. The number of nitrogens with one attached hydrogen (secondary N) is 1. The van der Waals surface area contributed by atoms with Gasteiger partial charge in [-0.2, -0.15) is 0 Å². The Morgan fingerprint density at radius 3 is 2.50 bits per heavy atom. The summed E-state index contributed by atoms with van der Waals surface area (Å²) in [5, 5.41) is 11.4. The predicted octanol–water partition coefficient (Wildman–Crippen LogP) is 0.699. The van der Waals surface area contributed by atoms with Gasteiger partial charge in [-0.25, -0.2) is 4.79 Å². The van der Waals surface area contributed by atoms with Gasteiger partial charge in [0.2, 0.25) is 5.91 Å². The number of esters is 1. The number of rotatable bonds is 8. The van der Waals surface area contributed by atoms with E-state index in [0.717, 1.165) is 12.8 Å². The van der Waals surface area contributed by atoms with Crippen LogP contribution in [0.3, 0.4) is 0 Å². The van der Waals surface area contributed by atoms with Crippen molar-refractivity contribution in [1.82, 2.24) is 5.32 Å². The first kappa shape index (κ1) is 14.5. The molecule has 6 heteroatoms. The van der Waals surface area contributed by atoms with E-state index in [4.69, 9.17) is 5.11 Å². The van der Waals surface area contributed by atoms with E-state index in [2.05, 4.69) is 10.1 Å². The lowest BCUT2D eigenvalue weighted by molar-refractivity contribution is -0.145. The highest BCUT2D eigenvalue weighted by Gasteiger charge is 2.30. The molecule has 0 unspecified atom stereocenters. The largest absolute Gasteiger partial charge is 0.480 e. The number of aliphatic carboxylic acids is 1. The number of ether oxygens (including phenoxy) is 1. The van der Waals surface area contributed by atoms with Crippen LogP contribution in [0.25, 0.3) is 0 Å². The van der Waals surface area contributed by atoms with Crippen LogP contribution in [-0.2, 0) is 19.1 Å². The summed E-state index contributed by atoms with van der Waals surface area (Å²) >= 11 is 0. The monoisotopic (exact) mass is 257 g/mol. The molecule has 0 aliphatic heterocycles. The van der Waals surface area contributed by atoms with Crippen LogP contribution in [0.1, 0.15) is 39.0 Å². The zero-order valence-corrected chi connectivity index (χ0v) is 10.5. The van der Waals surface area contributed by atoms with Gasteiger partial charge in [0.25, 0.3) is 0 Å². The lowest BCUT2D eigenvalue weighted by Gasteiger charge is -2.13. The molecule has 0 radical (unpaired) electrons. The fourth-order valence-corrected chi connectivity index (χ4v) is 1.62. The minimum atomic E-state index is -1.02. The third kappa shape index (κ3) is 5.65. The molecule has 0 aromatic heterocycles. The maximum atomic E-state index is 11.5. The van der Waals surface area contributed by atoms with Crippen LogP contribution in [0, 0.1) is 5.92 Å². The van der Waals surface area contributed by atoms with E-state index >= 15 is 0 Å². The first-order chi connectivity index (χ1) is 8.52. The number of carbonyl (C=O) groups is 3. The summed E-state index contributed by atoms with van der Waals surface area (Å²) in [6, 6.07) is -0.841. The van der Waals surface area contributed by atoms with Crippen molar-refractivity contribution in [2.24, 2.45) is 5.92 Å². The van der Waals surface area contributed by atoms with Crippen LogP contribution in [0.2, 0.25) is 0 Å². The molecule has 2 N–H and O–H groups in total. The zero-order valence-electron chi connectivity index (χ0n) is 10.5. The molecule has 18 heavy (non-hydrogen) atoms. The summed E-state index contributed by atoms with van der Waals surface area (Å²) in [7, 11) is 0. The van der Waals surface area contributed by atoms with Gasteiger partial charge in [0.05, 0.1) is 13.0 Å². The third-order valence-corrected chi connectivity index (χ3v) is 2.76. The summed E-state index contributed by atoms with van der Waals surface area (Å²) in [5.74, 6) is -1.47. The van der Waals surface area contributed by atoms with Crippen LogP contribution < -0.4 is 5.32 Å². The van der Waals surface area contributed by atoms with E-state index in [0.29, 0.717) is 12.3 Å². The quantitative estimate of drug-likeness (QED) is 0.624. The summed E-state index contributed by atoms with van der Waals surface area (Å²) in [6.07, 6.45) is 2.48. The molecule has 1 atom stereocenters. The van der Waals surface area contributed by atoms with Crippen LogP contribution >= 0.6 is 0 Å². The Bertz CT molecular complexity index is 324. The number of carboxylic acids is 1. The van der Waals surface area contributed by atoms with E-state index in [1.807, 2.05) is 0 Å². The number of carboxylic acid groups (broad SMARTS) is 1. The molecule has 0 heterocycles. The maximum absolute atomic E-state index is 11.5. The summed E-state index contributed by atoms with van der Waals surface area (Å²) in [4.78, 5) is 33.5. The average Bonchev–Trinajstić information content (AvgIpc) is 3.09. The first-order valence-corrected chi connectivity index (χ1v) is 6.20. The van der Waals surface area contributed by atoms with E-state index < -0.39 is 23.9 Å². The van der Waals surface area contributed by atoms with Crippen LogP contribution in [-0.4, -0.2) is 35.6 Å². The van der Waals surface area contributed by atoms with Crippen molar-refractivity contribution in [1.29, 1.82) is 0 Å². The zero-order chi connectivity index (χ0) is 13.5. The molecule has 1 aliphatic carbocycles. The molecule has 1 amide bonds. The third-order valence-electron chi connectivity index (χ3n) is 2.76. The Hall–Kier alpha value is -1.59. The van der Waals surface area contributed by atoms with E-state index in [1.54, 1.807) is 6.92 Å². The molecule has 0 bridgehead atoms. The second kappa shape index (κ2) is 6.98. The van der Waals surface area contributed by atoms with Gasteiger partial charge in [-0.3, -0.25) is 9.59 Å². The highest BCUT2D eigenvalue weighted by molar-refractivity contribution is 5.85. The van der Waals surface area contributed by atoms with Gasteiger partial charge in [0, 0.05) is 6.42 Å². The minimum absolute atomic E-state index is 0.0184. The Kier molecular flexibility index (Phi) is 5.61. The van der Waals surface area contributed by atoms with Gasteiger partial charge in [0.15, 0.2) is 0 Å². The molecule has 102 valence electrons. The molecule has 0 saturated heterocycles. The van der Waals surface area contributed by atoms with E-state index in [1.165, 1.54) is 0 Å². The lowest BCUT2D eigenvalue weighted by Crippen LogP contribution is -2.41. The van der Waals surface area contributed by atoms with E-state index in [-0.39, 0.29) is 19.4 Å². The number of amides is 1. The molecule has 0 aromatic rings. The highest BCUT2D eigenvalue weighted by Crippen LogP contribution is 2.33. The Labute approximate surface area is 106 Å². The second-order valence-corrected chi connectivity index (χ2v) is 4.44. The van der Waals surface area contributed by atoms with Gasteiger partial charge in [0.1, 0.15) is 6.04 Å². The standard InChI is InChI=1S/C12H19NO5/c1-2-18-11(15)6-5-10(14)13-9(12(16)17)7-8-3-4-8/h8-9H,2-7H2,1H3,(H,13,14)(H,16,17)/t9-/m1/s1. The Morgan fingerprint density at radius 1 is 1.33 bits per heavy atom. The van der Waals surface area contributed by atoms with Crippen molar-refractivity contribution in [3.8, 4) is 0 Å². The van der Waals surface area contributed by atoms with Crippen molar-refractivity contribution in [2.75, 3.05) is 6.61 Å². The molecule has 0 aromatic carbocycles. The Morgan fingerprint density at radius 2 is 2.00 bits per heavy atom. The molecular formula is C12H19NO5. The summed E-state index contributed by atoms with van der Waals surface area (Å²) in [6.45, 7) is 1.97. The number of hydrogen-bond acceptors (Lipinski definition) is 4. The second-order valence-electron chi connectivity index (χ2n) is 4.44. The first-order valence-electron chi connectivity index (χ1n) is 6.20. The normalized spacial score (nSPS) is 15.8. The molecule has 0 spiro atoms. The van der Waals surface area contributed by atoms with Crippen molar-refractivity contribution in [3.63, 3.8) is 0 Å². The van der Waals surface area contributed by atoms with Gasteiger partial charge < -0.3 is 15.2 Å². The Balaban J connectivity index is 2.27. The predicted molar refractivity (Wildman–Crippen MR) is 62.8 cm³/mol. The van der Waals surface area contributed by atoms with Gasteiger partial charge >= 0.3 is 11.9 Å². The fourth-order valence-electron chi connectivity index (χ4n) is 1.62. The van der Waals surface area contributed by atoms with Gasteiger partial charge in [-0.05, 0) is 19.3 Å². The topological polar surface area (TPSA) is 92.7 Å². The van der Waals surface area contributed by atoms with Crippen LogP contribution in [0.4, 0.5) is 0 Å². The van der Waals surface area contributed by atoms with Crippen LogP contribution in [0.5, 0.6) is 0 Å². The van der Waals surface area contributed by atoms with E-state index in [9.17, 15) is 14.4 Å². The lowest BCUT2D eigenvalue weighted by atomic mass is 10.1. The minimum Gasteiger partial charge on any atom is -0.480 e. The van der Waals surface area contributed by atoms with Crippen molar-refractivity contribution in [3.05, 3.63) is 0 Å². The molecule has 1 saturated carbocycles. The van der Waals surface area contributed by atoms with Crippen molar-refractivity contribution >= 4 is 17.8 Å². The molecule has 1 rings (SSSR count). The van der Waals surface area contributed by atoms with Gasteiger partial charge in [-0.1, -0.05) is 12.8 Å². The smallest absolute Gasteiger partial charge is 0.326 e. The maximum Gasteiger partial charge on any atom is 0.326 e. The summed E-state index contributed by atoms with van der Waals surface area (Å²) < 4.78 is 4.68. The number of carbonyl (C=O) groups excluding carboxylic acids is 2. The fraction of sp³-hybridized carbons (Fsp3) is 0.750. The molecule has 1 aliphatic rings.